The minimum absolute atomic E-state index is 0.157. The van der Waals surface area contributed by atoms with E-state index in [-0.39, 0.29) is 29.6 Å². The Hall–Kier alpha value is -2.62. The molecule has 0 bridgehead atoms. The molecule has 1 amide bonds. The number of hydrogen-bond donors (Lipinski definition) is 1. The fourth-order valence-corrected chi connectivity index (χ4v) is 5.01. The van der Waals surface area contributed by atoms with Gasteiger partial charge in [0, 0.05) is 18.7 Å². The van der Waals surface area contributed by atoms with Gasteiger partial charge in [-0.15, -0.1) is 0 Å². The van der Waals surface area contributed by atoms with Gasteiger partial charge in [-0.25, -0.2) is 8.42 Å². The molecule has 1 fully saturated rings. The van der Waals surface area contributed by atoms with Crippen molar-refractivity contribution in [1.29, 1.82) is 0 Å². The predicted octanol–water partition coefficient (Wildman–Crippen LogP) is 2.30. The van der Waals surface area contributed by atoms with Crippen LogP contribution in [0.2, 0.25) is 0 Å². The van der Waals surface area contributed by atoms with Gasteiger partial charge in [0.1, 0.15) is 6.61 Å². The maximum atomic E-state index is 12.9. The zero-order valence-corrected chi connectivity index (χ0v) is 18.7. The van der Waals surface area contributed by atoms with Gasteiger partial charge in [0.15, 0.2) is 11.5 Å². The van der Waals surface area contributed by atoms with Crippen molar-refractivity contribution < 1.29 is 27.4 Å². The number of amides is 1. The van der Waals surface area contributed by atoms with Crippen molar-refractivity contribution in [2.24, 2.45) is 0 Å². The van der Waals surface area contributed by atoms with Crippen LogP contribution in [-0.2, 0) is 14.8 Å². The average molecular weight is 449 g/mol. The van der Waals surface area contributed by atoms with Crippen LogP contribution in [0.5, 0.6) is 11.5 Å². The molecule has 8 nitrogen and oxygen atoms in total. The standard InChI is InChI=1S/C22H28N2O6S/c1-16-14-24(15-17(2)30-16)31(26,27)19-10-8-18(9-11-19)22(25)23-12-13-29-21-7-5-4-6-20(21)28-3/h4-11,16-17H,12-15H2,1-3H3,(H,23,25)/t16-,17-/m0/s1. The highest BCUT2D eigenvalue weighted by molar-refractivity contribution is 7.89. The lowest BCUT2D eigenvalue weighted by Gasteiger charge is -2.34. The van der Waals surface area contributed by atoms with Crippen molar-refractivity contribution in [3.8, 4) is 11.5 Å². The lowest BCUT2D eigenvalue weighted by Crippen LogP contribution is -2.48. The molecule has 168 valence electrons. The molecule has 0 aromatic heterocycles. The largest absolute Gasteiger partial charge is 0.493 e. The molecular formula is C22H28N2O6S. The molecule has 31 heavy (non-hydrogen) atoms. The Morgan fingerprint density at radius 1 is 1.06 bits per heavy atom. The molecule has 1 saturated heterocycles. The number of hydrogen-bond acceptors (Lipinski definition) is 6. The summed E-state index contributed by atoms with van der Waals surface area (Å²) in [7, 11) is -2.08. The van der Waals surface area contributed by atoms with E-state index in [0.717, 1.165) is 0 Å². The lowest BCUT2D eigenvalue weighted by molar-refractivity contribution is -0.0440. The summed E-state index contributed by atoms with van der Waals surface area (Å²) >= 11 is 0. The normalized spacial score (nSPS) is 19.6. The zero-order chi connectivity index (χ0) is 22.4. The van der Waals surface area contributed by atoms with E-state index in [2.05, 4.69) is 5.32 Å². The first-order chi connectivity index (χ1) is 14.8. The molecular weight excluding hydrogens is 420 g/mol. The second-order valence-electron chi connectivity index (χ2n) is 7.36. The minimum Gasteiger partial charge on any atom is -0.493 e. The van der Waals surface area contributed by atoms with E-state index in [0.29, 0.717) is 36.7 Å². The van der Waals surface area contributed by atoms with Crippen LogP contribution in [0.25, 0.3) is 0 Å². The Labute approximate surface area is 183 Å². The Morgan fingerprint density at radius 3 is 2.29 bits per heavy atom. The topological polar surface area (TPSA) is 94.2 Å². The summed E-state index contributed by atoms with van der Waals surface area (Å²) in [6.45, 7) is 4.88. The molecule has 2 aromatic carbocycles. The number of morpholine rings is 1. The predicted molar refractivity (Wildman–Crippen MR) is 116 cm³/mol. The third-order valence-electron chi connectivity index (χ3n) is 4.85. The van der Waals surface area contributed by atoms with Gasteiger partial charge in [0.05, 0.1) is 30.8 Å². The number of carbonyl (C=O) groups is 1. The number of nitrogens with one attached hydrogen (secondary N) is 1. The van der Waals surface area contributed by atoms with Gasteiger partial charge < -0.3 is 19.5 Å². The summed E-state index contributed by atoms with van der Waals surface area (Å²) in [6.07, 6.45) is -0.330. The van der Waals surface area contributed by atoms with Crippen LogP contribution in [0.3, 0.4) is 0 Å². The highest BCUT2D eigenvalue weighted by atomic mass is 32.2. The first kappa shape index (κ1) is 23.1. The number of nitrogens with zero attached hydrogens (tertiary/aromatic N) is 1. The number of ether oxygens (including phenoxy) is 3. The van der Waals surface area contributed by atoms with Crippen molar-refractivity contribution in [2.45, 2.75) is 31.0 Å². The molecule has 3 rings (SSSR count). The van der Waals surface area contributed by atoms with Crippen LogP contribution < -0.4 is 14.8 Å². The minimum atomic E-state index is -3.64. The zero-order valence-electron chi connectivity index (χ0n) is 17.9. The first-order valence-electron chi connectivity index (χ1n) is 10.1. The second-order valence-corrected chi connectivity index (χ2v) is 9.30. The first-order valence-corrected chi connectivity index (χ1v) is 11.5. The number of para-hydroxylation sites is 2. The van der Waals surface area contributed by atoms with Gasteiger partial charge in [-0.2, -0.15) is 4.31 Å². The number of methoxy groups -OCH3 is 1. The number of carbonyl (C=O) groups excluding carboxylic acids is 1. The van der Waals surface area contributed by atoms with Crippen molar-refractivity contribution in [3.05, 3.63) is 54.1 Å². The Bertz CT molecular complexity index is 983. The summed E-state index contributed by atoms with van der Waals surface area (Å²) < 4.78 is 43.7. The summed E-state index contributed by atoms with van der Waals surface area (Å²) in [5, 5.41) is 2.76. The van der Waals surface area contributed by atoms with Gasteiger partial charge >= 0.3 is 0 Å². The number of rotatable bonds is 8. The van der Waals surface area contributed by atoms with Crippen molar-refractivity contribution in [3.63, 3.8) is 0 Å². The molecule has 0 unspecified atom stereocenters. The fourth-order valence-electron chi connectivity index (χ4n) is 3.42. The van der Waals surface area contributed by atoms with E-state index in [1.165, 1.54) is 28.6 Å². The van der Waals surface area contributed by atoms with Crippen LogP contribution in [-0.4, -0.2) is 64.2 Å². The maximum Gasteiger partial charge on any atom is 0.251 e. The van der Waals surface area contributed by atoms with Gasteiger partial charge in [0.25, 0.3) is 5.91 Å². The quantitative estimate of drug-likeness (QED) is 0.623. The summed E-state index contributed by atoms with van der Waals surface area (Å²) in [5.41, 5.74) is 0.375. The molecule has 0 radical (unpaired) electrons. The van der Waals surface area contributed by atoms with Crippen LogP contribution in [0.4, 0.5) is 0 Å². The van der Waals surface area contributed by atoms with Gasteiger partial charge in [-0.3, -0.25) is 4.79 Å². The molecule has 0 aliphatic carbocycles. The summed E-state index contributed by atoms with van der Waals surface area (Å²) in [4.78, 5) is 12.5. The van der Waals surface area contributed by atoms with E-state index < -0.39 is 10.0 Å². The molecule has 1 aliphatic rings. The molecule has 1 heterocycles. The van der Waals surface area contributed by atoms with Crippen molar-refractivity contribution in [1.82, 2.24) is 9.62 Å². The Balaban J connectivity index is 1.55. The SMILES string of the molecule is COc1ccccc1OCCNC(=O)c1ccc(S(=O)(=O)N2C[C@H](C)O[C@@H](C)C2)cc1. The third kappa shape index (κ3) is 5.75. The van der Waals surface area contributed by atoms with Crippen LogP contribution in [0, 0.1) is 0 Å². The van der Waals surface area contributed by atoms with Crippen molar-refractivity contribution >= 4 is 15.9 Å². The van der Waals surface area contributed by atoms with Gasteiger partial charge in [0.2, 0.25) is 10.0 Å². The van der Waals surface area contributed by atoms with E-state index >= 15 is 0 Å². The van der Waals surface area contributed by atoms with E-state index in [4.69, 9.17) is 14.2 Å². The molecule has 2 atom stereocenters. The van der Waals surface area contributed by atoms with Crippen LogP contribution in [0.15, 0.2) is 53.4 Å². The fraction of sp³-hybridized carbons (Fsp3) is 0.409. The van der Waals surface area contributed by atoms with Crippen LogP contribution >= 0.6 is 0 Å². The highest BCUT2D eigenvalue weighted by Crippen LogP contribution is 2.25. The molecule has 1 N–H and O–H groups in total. The molecule has 0 spiro atoms. The highest BCUT2D eigenvalue weighted by Gasteiger charge is 2.32. The molecule has 1 aliphatic heterocycles. The van der Waals surface area contributed by atoms with E-state index in [9.17, 15) is 13.2 Å². The summed E-state index contributed by atoms with van der Waals surface area (Å²) in [5.74, 6) is 0.913. The lowest BCUT2D eigenvalue weighted by atomic mass is 10.2. The smallest absolute Gasteiger partial charge is 0.251 e. The molecule has 0 saturated carbocycles. The maximum absolute atomic E-state index is 12.9. The number of sulfonamides is 1. The summed E-state index contributed by atoms with van der Waals surface area (Å²) in [6, 6.07) is 13.2. The Morgan fingerprint density at radius 2 is 1.68 bits per heavy atom. The number of benzene rings is 2. The molecule has 9 heteroatoms. The van der Waals surface area contributed by atoms with E-state index in [1.54, 1.807) is 19.2 Å². The van der Waals surface area contributed by atoms with Gasteiger partial charge in [-0.1, -0.05) is 12.1 Å². The average Bonchev–Trinajstić information content (AvgIpc) is 2.76. The Kier molecular flexibility index (Phi) is 7.53. The van der Waals surface area contributed by atoms with Crippen LogP contribution in [0.1, 0.15) is 24.2 Å². The van der Waals surface area contributed by atoms with Gasteiger partial charge in [-0.05, 0) is 50.2 Å². The van der Waals surface area contributed by atoms with E-state index in [1.807, 2.05) is 26.0 Å². The molecule has 2 aromatic rings. The second kappa shape index (κ2) is 10.1. The third-order valence-corrected chi connectivity index (χ3v) is 6.70. The monoisotopic (exact) mass is 448 g/mol. The van der Waals surface area contributed by atoms with Crippen molar-refractivity contribution in [2.75, 3.05) is 33.4 Å².